The molecule has 0 aliphatic heterocycles. The fourth-order valence-electron chi connectivity index (χ4n) is 1.98. The lowest BCUT2D eigenvalue weighted by molar-refractivity contribution is -0.144. The molecule has 4 N–H and O–H groups in total. The SMILES string of the molecule is CN(CC(N)=O)C(=O)NC1(C(=O)O)CCCC1. The number of aliphatic carboxylic acids is 1. The molecule has 0 aromatic heterocycles. The predicted molar refractivity (Wildman–Crippen MR) is 59.2 cm³/mol. The molecule has 0 atom stereocenters. The molecule has 0 unspecified atom stereocenters. The van der Waals surface area contributed by atoms with Crippen LogP contribution >= 0.6 is 0 Å². The van der Waals surface area contributed by atoms with Crippen LogP contribution in [0.3, 0.4) is 0 Å². The van der Waals surface area contributed by atoms with E-state index < -0.39 is 23.4 Å². The number of amides is 3. The molecule has 96 valence electrons. The van der Waals surface area contributed by atoms with Crippen molar-refractivity contribution in [2.24, 2.45) is 5.73 Å². The largest absolute Gasteiger partial charge is 0.480 e. The lowest BCUT2D eigenvalue weighted by Gasteiger charge is -2.28. The van der Waals surface area contributed by atoms with Gasteiger partial charge in [0, 0.05) is 7.05 Å². The van der Waals surface area contributed by atoms with E-state index in [2.05, 4.69) is 5.32 Å². The van der Waals surface area contributed by atoms with Gasteiger partial charge < -0.3 is 21.1 Å². The van der Waals surface area contributed by atoms with Crippen LogP contribution in [0.1, 0.15) is 25.7 Å². The summed E-state index contributed by atoms with van der Waals surface area (Å²) in [4.78, 5) is 34.6. The molecule has 17 heavy (non-hydrogen) atoms. The van der Waals surface area contributed by atoms with Crippen molar-refractivity contribution in [2.75, 3.05) is 13.6 Å². The van der Waals surface area contributed by atoms with E-state index in [4.69, 9.17) is 10.8 Å². The minimum atomic E-state index is -1.19. The minimum Gasteiger partial charge on any atom is -0.480 e. The zero-order valence-electron chi connectivity index (χ0n) is 9.73. The highest BCUT2D eigenvalue weighted by molar-refractivity contribution is 5.88. The van der Waals surface area contributed by atoms with E-state index >= 15 is 0 Å². The zero-order chi connectivity index (χ0) is 13.1. The second-order valence-corrected chi connectivity index (χ2v) is 4.35. The van der Waals surface area contributed by atoms with Gasteiger partial charge in [0.1, 0.15) is 12.1 Å². The van der Waals surface area contributed by atoms with Crippen LogP contribution in [0.15, 0.2) is 0 Å². The van der Waals surface area contributed by atoms with Gasteiger partial charge in [0.05, 0.1) is 0 Å². The van der Waals surface area contributed by atoms with E-state index in [9.17, 15) is 14.4 Å². The standard InChI is InChI=1S/C10H17N3O4/c1-13(6-7(11)14)9(17)12-10(8(15)16)4-2-3-5-10/h2-6H2,1H3,(H2,11,14)(H,12,17)(H,15,16). The topological polar surface area (TPSA) is 113 Å². The van der Waals surface area contributed by atoms with Gasteiger partial charge in [-0.05, 0) is 12.8 Å². The maximum Gasteiger partial charge on any atom is 0.329 e. The number of nitrogens with one attached hydrogen (secondary N) is 1. The number of hydrogen-bond donors (Lipinski definition) is 3. The molecule has 3 amide bonds. The molecule has 0 aromatic rings. The van der Waals surface area contributed by atoms with E-state index in [1.807, 2.05) is 0 Å². The average molecular weight is 243 g/mol. The molecule has 0 radical (unpaired) electrons. The first-order valence-electron chi connectivity index (χ1n) is 5.42. The highest BCUT2D eigenvalue weighted by Gasteiger charge is 2.43. The quantitative estimate of drug-likeness (QED) is 0.618. The first-order valence-corrected chi connectivity index (χ1v) is 5.42. The van der Waals surface area contributed by atoms with Crippen molar-refractivity contribution < 1.29 is 19.5 Å². The summed E-state index contributed by atoms with van der Waals surface area (Å²) in [5, 5.41) is 11.6. The second kappa shape index (κ2) is 5.03. The maximum absolute atomic E-state index is 11.7. The first-order chi connectivity index (χ1) is 7.87. The van der Waals surface area contributed by atoms with Crippen LogP contribution in [0, 0.1) is 0 Å². The molecule has 0 spiro atoms. The Hall–Kier alpha value is -1.79. The van der Waals surface area contributed by atoms with Crippen LogP contribution in [-0.2, 0) is 9.59 Å². The number of carboxylic acids is 1. The molecule has 0 bridgehead atoms. The van der Waals surface area contributed by atoms with Gasteiger partial charge in [0.25, 0.3) is 0 Å². The molecule has 1 aliphatic carbocycles. The molecule has 0 heterocycles. The Morgan fingerprint density at radius 2 is 1.88 bits per heavy atom. The average Bonchev–Trinajstić information content (AvgIpc) is 2.66. The lowest BCUT2D eigenvalue weighted by atomic mass is 9.98. The summed E-state index contributed by atoms with van der Waals surface area (Å²) in [6, 6.07) is -0.590. The molecule has 1 rings (SSSR count). The Bertz CT molecular complexity index is 336. The molecule has 1 fully saturated rings. The van der Waals surface area contributed by atoms with Crippen LogP contribution in [0.25, 0.3) is 0 Å². The van der Waals surface area contributed by atoms with Crippen LogP contribution in [0.4, 0.5) is 4.79 Å². The highest BCUT2D eigenvalue weighted by atomic mass is 16.4. The summed E-state index contributed by atoms with van der Waals surface area (Å²) in [7, 11) is 1.39. The number of carbonyl (C=O) groups excluding carboxylic acids is 2. The highest BCUT2D eigenvalue weighted by Crippen LogP contribution is 2.29. The smallest absolute Gasteiger partial charge is 0.329 e. The van der Waals surface area contributed by atoms with Crippen LogP contribution in [0.2, 0.25) is 0 Å². The van der Waals surface area contributed by atoms with Gasteiger partial charge in [-0.25, -0.2) is 9.59 Å². The number of urea groups is 1. The molecule has 7 heteroatoms. The molecule has 7 nitrogen and oxygen atoms in total. The van der Waals surface area contributed by atoms with Gasteiger partial charge >= 0.3 is 12.0 Å². The Labute approximate surface area is 98.9 Å². The number of primary amides is 1. The number of carbonyl (C=O) groups is 3. The lowest BCUT2D eigenvalue weighted by Crippen LogP contribution is -2.56. The van der Waals surface area contributed by atoms with E-state index in [0.717, 1.165) is 17.7 Å². The molecule has 0 saturated heterocycles. The van der Waals surface area contributed by atoms with E-state index in [1.54, 1.807) is 0 Å². The van der Waals surface area contributed by atoms with Gasteiger partial charge in [-0.1, -0.05) is 12.8 Å². The Morgan fingerprint density at radius 3 is 2.29 bits per heavy atom. The van der Waals surface area contributed by atoms with E-state index in [0.29, 0.717) is 12.8 Å². The summed E-state index contributed by atoms with van der Waals surface area (Å²) in [5.41, 5.74) is 3.76. The van der Waals surface area contributed by atoms with Gasteiger partial charge in [-0.3, -0.25) is 4.79 Å². The number of likely N-dealkylation sites (N-methyl/N-ethyl adjacent to an activating group) is 1. The van der Waals surface area contributed by atoms with Crippen molar-refractivity contribution in [3.8, 4) is 0 Å². The summed E-state index contributed by atoms with van der Waals surface area (Å²) in [6.45, 7) is -0.235. The molecular formula is C10H17N3O4. The van der Waals surface area contributed by atoms with E-state index in [-0.39, 0.29) is 6.54 Å². The number of nitrogens with two attached hydrogens (primary N) is 1. The van der Waals surface area contributed by atoms with Crippen molar-refractivity contribution in [2.45, 2.75) is 31.2 Å². The summed E-state index contributed by atoms with van der Waals surface area (Å²) >= 11 is 0. The normalized spacial score (nSPS) is 17.5. The number of nitrogens with zero attached hydrogens (tertiary/aromatic N) is 1. The van der Waals surface area contributed by atoms with Crippen LogP contribution in [0.5, 0.6) is 0 Å². The summed E-state index contributed by atoms with van der Waals surface area (Å²) in [6.07, 6.45) is 2.37. The third kappa shape index (κ3) is 3.08. The fourth-order valence-corrected chi connectivity index (χ4v) is 1.98. The number of rotatable bonds is 4. The van der Waals surface area contributed by atoms with E-state index in [1.165, 1.54) is 7.05 Å². The van der Waals surface area contributed by atoms with Crippen molar-refractivity contribution in [1.29, 1.82) is 0 Å². The second-order valence-electron chi connectivity index (χ2n) is 4.35. The van der Waals surface area contributed by atoms with Gasteiger partial charge in [-0.15, -0.1) is 0 Å². The minimum absolute atomic E-state index is 0.235. The van der Waals surface area contributed by atoms with Gasteiger partial charge in [0.2, 0.25) is 5.91 Å². The number of carboxylic acid groups (broad SMARTS) is 1. The Morgan fingerprint density at radius 1 is 1.35 bits per heavy atom. The molecule has 0 aromatic carbocycles. The monoisotopic (exact) mass is 243 g/mol. The summed E-state index contributed by atoms with van der Waals surface area (Å²) in [5.74, 6) is -1.67. The zero-order valence-corrected chi connectivity index (χ0v) is 9.73. The molecule has 1 aliphatic rings. The van der Waals surface area contributed by atoms with Crippen molar-refractivity contribution in [1.82, 2.24) is 10.2 Å². The molecular weight excluding hydrogens is 226 g/mol. The fraction of sp³-hybridized carbons (Fsp3) is 0.700. The molecule has 1 saturated carbocycles. The number of hydrogen-bond acceptors (Lipinski definition) is 3. The maximum atomic E-state index is 11.7. The predicted octanol–water partition coefficient (Wildman–Crippen LogP) is -0.489. The third-order valence-electron chi connectivity index (χ3n) is 2.95. The van der Waals surface area contributed by atoms with Crippen LogP contribution < -0.4 is 11.1 Å². The first kappa shape index (κ1) is 13.3. The Balaban J connectivity index is 2.65. The van der Waals surface area contributed by atoms with Gasteiger partial charge in [-0.2, -0.15) is 0 Å². The van der Waals surface area contributed by atoms with Gasteiger partial charge in [0.15, 0.2) is 0 Å². The Kier molecular flexibility index (Phi) is 3.93. The van der Waals surface area contributed by atoms with Crippen molar-refractivity contribution in [3.63, 3.8) is 0 Å². The van der Waals surface area contributed by atoms with Crippen molar-refractivity contribution in [3.05, 3.63) is 0 Å². The third-order valence-corrected chi connectivity index (χ3v) is 2.95. The summed E-state index contributed by atoms with van der Waals surface area (Å²) < 4.78 is 0. The van der Waals surface area contributed by atoms with Crippen LogP contribution in [-0.4, -0.2) is 47.0 Å². The van der Waals surface area contributed by atoms with Crippen molar-refractivity contribution >= 4 is 17.9 Å².